The molecule has 5 rings (SSSR count). The van der Waals surface area contributed by atoms with E-state index in [0.29, 0.717) is 32.8 Å². The summed E-state index contributed by atoms with van der Waals surface area (Å²) in [4.78, 5) is 26.1. The zero-order chi connectivity index (χ0) is 18.2. The molecule has 3 aromatic rings. The van der Waals surface area contributed by atoms with E-state index in [1.165, 1.54) is 0 Å². The minimum atomic E-state index is 0.0993. The Kier molecular flexibility index (Phi) is 4.01. The van der Waals surface area contributed by atoms with Gasteiger partial charge in [0.2, 0.25) is 11.9 Å². The highest BCUT2D eigenvalue weighted by atomic mass is 16.5. The Hall–Kier alpha value is -2.93. The predicted octanol–water partition coefficient (Wildman–Crippen LogP) is 1.81. The van der Waals surface area contributed by atoms with E-state index in [-0.39, 0.29) is 5.91 Å². The third kappa shape index (κ3) is 3.04. The standard InChI is InChI=1S/C20H21N5O2/c26-19(14-24-6-5-15-3-1-2-4-18(15)24)25-12-16-11-21-20(22-17(16)13-25)23-7-9-27-10-8-23/h1-6,11H,7-10,12-14H2. The second kappa shape index (κ2) is 6.66. The van der Waals surface area contributed by atoms with Crippen LogP contribution in [0.5, 0.6) is 0 Å². The monoisotopic (exact) mass is 363 g/mol. The number of nitrogens with zero attached hydrogens (tertiary/aromatic N) is 5. The molecule has 0 bridgehead atoms. The number of para-hydroxylation sites is 1. The number of aromatic nitrogens is 3. The van der Waals surface area contributed by atoms with Crippen molar-refractivity contribution in [3.63, 3.8) is 0 Å². The van der Waals surface area contributed by atoms with Crippen LogP contribution in [0.25, 0.3) is 10.9 Å². The van der Waals surface area contributed by atoms with Gasteiger partial charge in [-0.3, -0.25) is 4.79 Å². The zero-order valence-corrected chi connectivity index (χ0v) is 15.0. The quantitative estimate of drug-likeness (QED) is 0.710. The van der Waals surface area contributed by atoms with Gasteiger partial charge in [-0.05, 0) is 17.5 Å². The Labute approximate surface area is 157 Å². The maximum absolute atomic E-state index is 12.8. The summed E-state index contributed by atoms with van der Waals surface area (Å²) < 4.78 is 7.40. The van der Waals surface area contributed by atoms with Gasteiger partial charge in [0, 0.05) is 43.1 Å². The molecule has 0 atom stereocenters. The molecule has 0 aliphatic carbocycles. The molecule has 0 spiro atoms. The van der Waals surface area contributed by atoms with Crippen molar-refractivity contribution in [1.29, 1.82) is 0 Å². The molecule has 138 valence electrons. The number of ether oxygens (including phenoxy) is 1. The first-order valence-electron chi connectivity index (χ1n) is 9.27. The van der Waals surface area contributed by atoms with E-state index in [2.05, 4.69) is 16.0 Å². The lowest BCUT2D eigenvalue weighted by molar-refractivity contribution is -0.132. The largest absolute Gasteiger partial charge is 0.378 e. The summed E-state index contributed by atoms with van der Waals surface area (Å²) in [6.45, 7) is 4.49. The molecule has 1 saturated heterocycles. The van der Waals surface area contributed by atoms with E-state index in [0.717, 1.165) is 41.2 Å². The number of carbonyl (C=O) groups excluding carboxylic acids is 1. The summed E-state index contributed by atoms with van der Waals surface area (Å²) in [6.07, 6.45) is 3.84. The molecule has 0 N–H and O–H groups in total. The molecule has 2 aromatic heterocycles. The number of hydrogen-bond acceptors (Lipinski definition) is 5. The fraction of sp³-hybridized carbons (Fsp3) is 0.350. The van der Waals surface area contributed by atoms with Gasteiger partial charge in [-0.1, -0.05) is 18.2 Å². The molecule has 1 aromatic carbocycles. The topological polar surface area (TPSA) is 63.5 Å². The van der Waals surface area contributed by atoms with Gasteiger partial charge in [-0.2, -0.15) is 0 Å². The number of amides is 1. The summed E-state index contributed by atoms with van der Waals surface area (Å²) in [5.41, 5.74) is 3.08. The number of benzene rings is 1. The lowest BCUT2D eigenvalue weighted by atomic mass is 10.2. The van der Waals surface area contributed by atoms with Gasteiger partial charge in [0.25, 0.3) is 0 Å². The first-order chi connectivity index (χ1) is 13.3. The summed E-state index contributed by atoms with van der Waals surface area (Å²) in [5, 5.41) is 1.15. The third-order valence-corrected chi connectivity index (χ3v) is 5.28. The molecule has 27 heavy (non-hydrogen) atoms. The van der Waals surface area contributed by atoms with Crippen LogP contribution < -0.4 is 4.90 Å². The van der Waals surface area contributed by atoms with Crippen LogP contribution in [-0.2, 0) is 29.2 Å². The van der Waals surface area contributed by atoms with Crippen molar-refractivity contribution >= 4 is 22.8 Å². The van der Waals surface area contributed by atoms with Crippen molar-refractivity contribution in [3.8, 4) is 0 Å². The van der Waals surface area contributed by atoms with Crippen LogP contribution in [0.2, 0.25) is 0 Å². The highest BCUT2D eigenvalue weighted by Crippen LogP contribution is 2.24. The van der Waals surface area contributed by atoms with Crippen molar-refractivity contribution in [3.05, 3.63) is 54.0 Å². The van der Waals surface area contributed by atoms with Crippen molar-refractivity contribution in [2.45, 2.75) is 19.6 Å². The molecule has 1 amide bonds. The van der Waals surface area contributed by atoms with Crippen LogP contribution in [0.4, 0.5) is 5.95 Å². The minimum absolute atomic E-state index is 0.0993. The number of morpholine rings is 1. The van der Waals surface area contributed by atoms with Gasteiger partial charge >= 0.3 is 0 Å². The lowest BCUT2D eigenvalue weighted by Crippen LogP contribution is -2.37. The maximum atomic E-state index is 12.8. The van der Waals surface area contributed by atoms with E-state index in [1.807, 2.05) is 46.1 Å². The average Bonchev–Trinajstić information content (AvgIpc) is 3.32. The normalized spacial score (nSPS) is 16.7. The summed E-state index contributed by atoms with van der Waals surface area (Å²) in [5.74, 6) is 0.838. The van der Waals surface area contributed by atoms with Gasteiger partial charge in [-0.15, -0.1) is 0 Å². The lowest BCUT2D eigenvalue weighted by Gasteiger charge is -2.26. The molecule has 0 saturated carbocycles. The van der Waals surface area contributed by atoms with Crippen molar-refractivity contribution in [2.24, 2.45) is 0 Å². The van der Waals surface area contributed by atoms with Gasteiger partial charge in [0.1, 0.15) is 6.54 Å². The van der Waals surface area contributed by atoms with E-state index >= 15 is 0 Å². The Bertz CT molecular complexity index is 993. The molecule has 0 radical (unpaired) electrons. The first kappa shape index (κ1) is 16.3. The SMILES string of the molecule is O=C(Cn1ccc2ccccc21)N1Cc2cnc(N3CCOCC3)nc2C1. The Morgan fingerprint density at radius 3 is 2.85 bits per heavy atom. The van der Waals surface area contributed by atoms with E-state index in [9.17, 15) is 4.79 Å². The van der Waals surface area contributed by atoms with Crippen LogP contribution in [-0.4, -0.2) is 51.6 Å². The predicted molar refractivity (Wildman–Crippen MR) is 101 cm³/mol. The van der Waals surface area contributed by atoms with Gasteiger partial charge in [-0.25, -0.2) is 9.97 Å². The summed E-state index contributed by atoms with van der Waals surface area (Å²) >= 11 is 0. The second-order valence-corrected chi connectivity index (χ2v) is 6.99. The molecular weight excluding hydrogens is 342 g/mol. The number of fused-ring (bicyclic) bond motifs is 2. The molecule has 2 aliphatic heterocycles. The van der Waals surface area contributed by atoms with Crippen LogP contribution >= 0.6 is 0 Å². The number of carbonyl (C=O) groups is 1. The van der Waals surface area contributed by atoms with E-state index in [1.54, 1.807) is 0 Å². The third-order valence-electron chi connectivity index (χ3n) is 5.28. The Balaban J connectivity index is 1.31. The Morgan fingerprint density at radius 2 is 1.96 bits per heavy atom. The molecular formula is C20H21N5O2. The molecule has 1 fully saturated rings. The maximum Gasteiger partial charge on any atom is 0.243 e. The number of anilines is 1. The van der Waals surface area contributed by atoms with E-state index < -0.39 is 0 Å². The highest BCUT2D eigenvalue weighted by molar-refractivity contribution is 5.83. The van der Waals surface area contributed by atoms with Crippen molar-refractivity contribution in [2.75, 3.05) is 31.2 Å². The van der Waals surface area contributed by atoms with Crippen LogP contribution in [0.15, 0.2) is 42.7 Å². The van der Waals surface area contributed by atoms with Crippen molar-refractivity contribution in [1.82, 2.24) is 19.4 Å². The van der Waals surface area contributed by atoms with Crippen LogP contribution in [0, 0.1) is 0 Å². The zero-order valence-electron chi connectivity index (χ0n) is 15.0. The first-order valence-corrected chi connectivity index (χ1v) is 9.27. The molecule has 7 nitrogen and oxygen atoms in total. The number of rotatable bonds is 3. The van der Waals surface area contributed by atoms with Crippen LogP contribution in [0.1, 0.15) is 11.3 Å². The van der Waals surface area contributed by atoms with Crippen molar-refractivity contribution < 1.29 is 9.53 Å². The highest BCUT2D eigenvalue weighted by Gasteiger charge is 2.26. The fourth-order valence-corrected chi connectivity index (χ4v) is 3.76. The van der Waals surface area contributed by atoms with Gasteiger partial charge < -0.3 is 19.1 Å². The summed E-state index contributed by atoms with van der Waals surface area (Å²) in [6, 6.07) is 10.2. The molecule has 4 heterocycles. The number of hydrogen-bond donors (Lipinski definition) is 0. The Morgan fingerprint density at radius 1 is 1.11 bits per heavy atom. The minimum Gasteiger partial charge on any atom is -0.378 e. The second-order valence-electron chi connectivity index (χ2n) is 6.99. The van der Waals surface area contributed by atoms with Crippen LogP contribution in [0.3, 0.4) is 0 Å². The fourth-order valence-electron chi connectivity index (χ4n) is 3.76. The smallest absolute Gasteiger partial charge is 0.243 e. The summed E-state index contributed by atoms with van der Waals surface area (Å²) in [7, 11) is 0. The average molecular weight is 363 g/mol. The van der Waals surface area contributed by atoms with E-state index in [4.69, 9.17) is 9.72 Å². The molecule has 7 heteroatoms. The molecule has 2 aliphatic rings. The van der Waals surface area contributed by atoms with Gasteiger partial charge in [0.15, 0.2) is 0 Å². The van der Waals surface area contributed by atoms with Gasteiger partial charge in [0.05, 0.1) is 25.5 Å². The molecule has 0 unspecified atom stereocenters.